The molecule has 1 aliphatic rings. The van der Waals surface area contributed by atoms with E-state index in [-0.39, 0.29) is 24.9 Å². The van der Waals surface area contributed by atoms with Gasteiger partial charge in [-0.2, -0.15) is 0 Å². The first kappa shape index (κ1) is 24.0. The molecule has 0 radical (unpaired) electrons. The molecule has 7 heteroatoms. The summed E-state index contributed by atoms with van der Waals surface area (Å²) in [4.78, 5) is 36.6. The maximum atomic E-state index is 12.9. The Morgan fingerprint density at radius 3 is 2.14 bits per heavy atom. The van der Waals surface area contributed by atoms with Gasteiger partial charge in [0.1, 0.15) is 12.6 Å². The smallest absolute Gasteiger partial charge is 0.407 e. The van der Waals surface area contributed by atoms with Crippen LogP contribution in [0.25, 0.3) is 11.1 Å². The zero-order valence-electron chi connectivity index (χ0n) is 19.7. The van der Waals surface area contributed by atoms with Crippen molar-refractivity contribution in [3.63, 3.8) is 0 Å². The topological polar surface area (TPSA) is 105 Å². The van der Waals surface area contributed by atoms with E-state index >= 15 is 0 Å². The molecule has 4 rings (SSSR count). The van der Waals surface area contributed by atoms with Gasteiger partial charge in [0.25, 0.3) is 0 Å². The number of hydrogen-bond acceptors (Lipinski definition) is 4. The molecule has 3 N–H and O–H groups in total. The second kappa shape index (κ2) is 10.4. The summed E-state index contributed by atoms with van der Waals surface area (Å²) in [6, 6.07) is 22.0. The summed E-state index contributed by atoms with van der Waals surface area (Å²) in [6.45, 7) is 3.81. The summed E-state index contributed by atoms with van der Waals surface area (Å²) >= 11 is 0. The fraction of sp³-hybridized carbons (Fsp3) is 0.250. The molecule has 1 unspecified atom stereocenters. The Bertz CT molecular complexity index is 1210. The first-order valence-corrected chi connectivity index (χ1v) is 11.6. The third-order valence-electron chi connectivity index (χ3n) is 6.12. The lowest BCUT2D eigenvalue weighted by Crippen LogP contribution is -2.47. The highest BCUT2D eigenvalue weighted by Gasteiger charge is 2.30. The van der Waals surface area contributed by atoms with Crippen LogP contribution in [0.5, 0.6) is 0 Å². The van der Waals surface area contributed by atoms with Gasteiger partial charge in [0.15, 0.2) is 0 Å². The molecule has 0 saturated carbocycles. The third kappa shape index (κ3) is 5.51. The molecule has 3 aromatic rings. The van der Waals surface area contributed by atoms with E-state index in [0.29, 0.717) is 11.3 Å². The van der Waals surface area contributed by atoms with Crippen molar-refractivity contribution < 1.29 is 24.2 Å². The predicted octanol–water partition coefficient (Wildman–Crippen LogP) is 4.82. The van der Waals surface area contributed by atoms with Gasteiger partial charge in [-0.25, -0.2) is 4.79 Å². The molecule has 0 aromatic heterocycles. The van der Waals surface area contributed by atoms with Gasteiger partial charge in [0, 0.05) is 11.6 Å². The molecular formula is C28H28N2O5. The van der Waals surface area contributed by atoms with Crippen LogP contribution < -0.4 is 10.6 Å². The zero-order chi connectivity index (χ0) is 24.9. The lowest BCUT2D eigenvalue weighted by atomic mass is 9.98. The molecule has 0 saturated heterocycles. The number of anilines is 1. The van der Waals surface area contributed by atoms with Gasteiger partial charge in [-0.15, -0.1) is 0 Å². The highest BCUT2D eigenvalue weighted by molar-refractivity contribution is 5.97. The van der Waals surface area contributed by atoms with Crippen molar-refractivity contribution in [3.05, 3.63) is 89.5 Å². The molecule has 0 heterocycles. The predicted molar refractivity (Wildman–Crippen MR) is 133 cm³/mol. The number of carbonyl (C=O) groups is 3. The maximum absolute atomic E-state index is 12.9. The van der Waals surface area contributed by atoms with Gasteiger partial charge in [0.2, 0.25) is 5.91 Å². The van der Waals surface area contributed by atoms with Gasteiger partial charge in [-0.1, -0.05) is 74.5 Å². The molecule has 1 aliphatic carbocycles. The number of carboxylic acid groups (broad SMARTS) is 1. The molecule has 2 amide bonds. The van der Waals surface area contributed by atoms with Gasteiger partial charge in [-0.3, -0.25) is 9.59 Å². The van der Waals surface area contributed by atoms with Crippen LogP contribution in [0, 0.1) is 5.92 Å². The zero-order valence-corrected chi connectivity index (χ0v) is 19.7. The Morgan fingerprint density at radius 1 is 0.914 bits per heavy atom. The number of nitrogens with one attached hydrogen (secondary N) is 2. The third-order valence-corrected chi connectivity index (χ3v) is 6.12. The molecular weight excluding hydrogens is 444 g/mol. The molecule has 3 aromatic carbocycles. The van der Waals surface area contributed by atoms with E-state index in [0.717, 1.165) is 22.3 Å². The Balaban J connectivity index is 1.40. The molecule has 0 fully saturated rings. The monoisotopic (exact) mass is 472 g/mol. The lowest BCUT2D eigenvalue weighted by Gasteiger charge is -2.22. The summed E-state index contributed by atoms with van der Waals surface area (Å²) in [6.07, 6.45) is -0.810. The quantitative estimate of drug-likeness (QED) is 0.436. The van der Waals surface area contributed by atoms with E-state index in [1.54, 1.807) is 24.3 Å². The van der Waals surface area contributed by atoms with Crippen molar-refractivity contribution in [2.75, 3.05) is 11.9 Å². The van der Waals surface area contributed by atoms with Gasteiger partial charge in [-0.05, 0) is 45.9 Å². The van der Waals surface area contributed by atoms with Crippen LogP contribution in [0.1, 0.15) is 36.5 Å². The molecule has 1 atom stereocenters. The first-order valence-electron chi connectivity index (χ1n) is 11.6. The number of rotatable bonds is 8. The minimum Gasteiger partial charge on any atom is -0.481 e. The summed E-state index contributed by atoms with van der Waals surface area (Å²) in [5.41, 5.74) is 5.54. The van der Waals surface area contributed by atoms with Crippen molar-refractivity contribution in [2.45, 2.75) is 32.2 Å². The largest absolute Gasteiger partial charge is 0.481 e. The van der Waals surface area contributed by atoms with E-state index in [4.69, 9.17) is 9.84 Å². The van der Waals surface area contributed by atoms with Crippen molar-refractivity contribution >= 4 is 23.7 Å². The summed E-state index contributed by atoms with van der Waals surface area (Å²) in [7, 11) is 0. The van der Waals surface area contributed by atoms with Crippen LogP contribution in [-0.4, -0.2) is 35.7 Å². The van der Waals surface area contributed by atoms with Crippen LogP contribution in [0.15, 0.2) is 72.8 Å². The highest BCUT2D eigenvalue weighted by atomic mass is 16.5. The number of carboxylic acids is 1. The van der Waals surface area contributed by atoms with Crippen molar-refractivity contribution in [2.24, 2.45) is 5.92 Å². The normalized spacial score (nSPS) is 13.0. The molecule has 35 heavy (non-hydrogen) atoms. The van der Waals surface area contributed by atoms with Crippen molar-refractivity contribution in [3.8, 4) is 11.1 Å². The molecule has 0 aliphatic heterocycles. The Kier molecular flexibility index (Phi) is 7.15. The fourth-order valence-corrected chi connectivity index (χ4v) is 4.46. The Morgan fingerprint density at radius 2 is 1.54 bits per heavy atom. The standard InChI is InChI=1S/C28H28N2O5/c1-17(2)26(27(33)29-19-9-7-8-18(14-19)15-25(31)32)30-28(34)35-16-24-22-12-5-3-10-20(22)21-11-4-6-13-23(21)24/h3-14,17,24,26H,15-16H2,1-2H3,(H,29,33)(H,30,34)(H,31,32). The minimum absolute atomic E-state index is 0.0727. The number of aliphatic carboxylic acids is 1. The number of alkyl carbamates (subject to hydrolysis) is 1. The second-order valence-electron chi connectivity index (χ2n) is 8.95. The molecule has 180 valence electrons. The number of hydrogen-bond donors (Lipinski definition) is 3. The van der Waals surface area contributed by atoms with E-state index < -0.39 is 24.0 Å². The van der Waals surface area contributed by atoms with Gasteiger partial charge < -0.3 is 20.5 Å². The van der Waals surface area contributed by atoms with Crippen LogP contribution in [0.3, 0.4) is 0 Å². The highest BCUT2D eigenvalue weighted by Crippen LogP contribution is 2.44. The average molecular weight is 473 g/mol. The summed E-state index contributed by atoms with van der Waals surface area (Å²) in [5, 5.41) is 14.4. The molecule has 0 bridgehead atoms. The van der Waals surface area contributed by atoms with E-state index in [9.17, 15) is 14.4 Å². The fourth-order valence-electron chi connectivity index (χ4n) is 4.46. The maximum Gasteiger partial charge on any atom is 0.407 e. The first-order chi connectivity index (χ1) is 16.8. The summed E-state index contributed by atoms with van der Waals surface area (Å²) in [5.74, 6) is -1.62. The SMILES string of the molecule is CC(C)C(NC(=O)OCC1c2ccccc2-c2ccccc21)C(=O)Nc1cccc(CC(=O)O)c1. The van der Waals surface area contributed by atoms with Gasteiger partial charge >= 0.3 is 12.1 Å². The minimum atomic E-state index is -0.953. The Labute approximate surface area is 204 Å². The Hall–Kier alpha value is -4.13. The van der Waals surface area contributed by atoms with Crippen LogP contribution >= 0.6 is 0 Å². The van der Waals surface area contributed by atoms with Crippen molar-refractivity contribution in [1.82, 2.24) is 5.32 Å². The lowest BCUT2D eigenvalue weighted by molar-refractivity contribution is -0.136. The number of benzene rings is 3. The van der Waals surface area contributed by atoms with Crippen LogP contribution in [-0.2, 0) is 20.7 Å². The average Bonchev–Trinajstić information content (AvgIpc) is 3.14. The van der Waals surface area contributed by atoms with Crippen molar-refractivity contribution in [1.29, 1.82) is 0 Å². The van der Waals surface area contributed by atoms with Crippen LogP contribution in [0.4, 0.5) is 10.5 Å². The number of carbonyl (C=O) groups excluding carboxylic acids is 2. The van der Waals surface area contributed by atoms with Gasteiger partial charge in [0.05, 0.1) is 6.42 Å². The summed E-state index contributed by atoms with van der Waals surface area (Å²) < 4.78 is 5.59. The second-order valence-corrected chi connectivity index (χ2v) is 8.95. The van der Waals surface area contributed by atoms with E-state index in [2.05, 4.69) is 22.8 Å². The van der Waals surface area contributed by atoms with E-state index in [1.165, 1.54) is 0 Å². The number of ether oxygens (including phenoxy) is 1. The number of fused-ring (bicyclic) bond motifs is 3. The molecule has 7 nitrogen and oxygen atoms in total. The molecule has 0 spiro atoms. The van der Waals surface area contributed by atoms with Crippen LogP contribution in [0.2, 0.25) is 0 Å². The number of amides is 2. The van der Waals surface area contributed by atoms with E-state index in [1.807, 2.05) is 50.2 Å².